The molecule has 100 valence electrons. The predicted molar refractivity (Wildman–Crippen MR) is 74.1 cm³/mol. The van der Waals surface area contributed by atoms with Crippen LogP contribution in [0.3, 0.4) is 0 Å². The first-order valence-corrected chi connectivity index (χ1v) is 6.87. The van der Waals surface area contributed by atoms with Crippen LogP contribution in [-0.2, 0) is 0 Å². The molecule has 0 bridgehead atoms. The van der Waals surface area contributed by atoms with Gasteiger partial charge in [0.15, 0.2) is 0 Å². The summed E-state index contributed by atoms with van der Waals surface area (Å²) in [5.74, 6) is 1.37. The highest BCUT2D eigenvalue weighted by atomic mass is 16.5. The number of likely N-dealkylation sites (N-methyl/N-ethyl adjacent to an activating group) is 1. The average Bonchev–Trinajstić information content (AvgIpc) is 2.78. The molecule has 1 heterocycles. The zero-order valence-electron chi connectivity index (χ0n) is 11.9. The highest BCUT2D eigenvalue weighted by molar-refractivity contribution is 5.21. The number of ether oxygens (including phenoxy) is 1. The van der Waals surface area contributed by atoms with Crippen molar-refractivity contribution in [1.82, 2.24) is 9.88 Å². The Kier molecular flexibility index (Phi) is 4.23. The van der Waals surface area contributed by atoms with Crippen LogP contribution in [-0.4, -0.2) is 36.1 Å². The van der Waals surface area contributed by atoms with E-state index < -0.39 is 0 Å². The van der Waals surface area contributed by atoms with Crippen LogP contribution < -0.4 is 4.74 Å². The molecule has 0 aromatic carbocycles. The van der Waals surface area contributed by atoms with Gasteiger partial charge in [0, 0.05) is 11.7 Å². The van der Waals surface area contributed by atoms with E-state index in [1.54, 1.807) is 0 Å². The third-order valence-corrected chi connectivity index (χ3v) is 3.72. The van der Waals surface area contributed by atoms with Crippen molar-refractivity contribution in [3.8, 4) is 5.75 Å². The van der Waals surface area contributed by atoms with Gasteiger partial charge in [-0.2, -0.15) is 0 Å². The molecule has 2 rings (SSSR count). The number of rotatable bonds is 4. The lowest BCUT2D eigenvalue weighted by molar-refractivity contribution is 0.121. The minimum atomic E-state index is 0.312. The maximum absolute atomic E-state index is 6.08. The molecule has 1 aliphatic carbocycles. The molecule has 1 fully saturated rings. The Bertz CT molecular complexity index is 373. The van der Waals surface area contributed by atoms with E-state index in [4.69, 9.17) is 4.74 Å². The Labute approximate surface area is 110 Å². The highest BCUT2D eigenvalue weighted by Gasteiger charge is 2.30. The zero-order chi connectivity index (χ0) is 13.1. The number of nitrogens with zero attached hydrogens (tertiary/aromatic N) is 2. The van der Waals surface area contributed by atoms with Gasteiger partial charge in [-0.05, 0) is 51.4 Å². The summed E-state index contributed by atoms with van der Waals surface area (Å²) in [5, 5.41) is 0. The van der Waals surface area contributed by atoms with Crippen molar-refractivity contribution in [3.63, 3.8) is 0 Å². The zero-order valence-corrected chi connectivity index (χ0v) is 11.9. The first kappa shape index (κ1) is 13.3. The summed E-state index contributed by atoms with van der Waals surface area (Å²) in [6.45, 7) is 4.31. The summed E-state index contributed by atoms with van der Waals surface area (Å²) in [6.07, 6.45) is 5.81. The van der Waals surface area contributed by atoms with Crippen LogP contribution >= 0.6 is 0 Å². The van der Waals surface area contributed by atoms with E-state index in [9.17, 15) is 0 Å². The molecule has 0 N–H and O–H groups in total. The lowest BCUT2D eigenvalue weighted by Crippen LogP contribution is -2.38. The molecule has 0 aliphatic heterocycles. The molecular formula is C15H24N2O. The van der Waals surface area contributed by atoms with Gasteiger partial charge in [-0.1, -0.05) is 13.8 Å². The predicted octanol–water partition coefficient (Wildman–Crippen LogP) is 3.07. The second-order valence-electron chi connectivity index (χ2n) is 5.69. The molecule has 1 aromatic heterocycles. The van der Waals surface area contributed by atoms with Crippen LogP contribution in [0, 0.1) is 0 Å². The van der Waals surface area contributed by atoms with Crippen molar-refractivity contribution in [2.45, 2.75) is 51.2 Å². The fourth-order valence-corrected chi connectivity index (χ4v) is 2.61. The topological polar surface area (TPSA) is 25.4 Å². The van der Waals surface area contributed by atoms with Crippen LogP contribution in [0.4, 0.5) is 0 Å². The first-order chi connectivity index (χ1) is 8.58. The molecule has 0 saturated heterocycles. The smallest absolute Gasteiger partial charge is 0.138 e. The summed E-state index contributed by atoms with van der Waals surface area (Å²) in [6, 6.07) is 4.65. The van der Waals surface area contributed by atoms with Crippen LogP contribution in [0.15, 0.2) is 18.3 Å². The number of hydrogen-bond acceptors (Lipinski definition) is 3. The third kappa shape index (κ3) is 3.02. The normalized spacial score (nSPS) is 23.9. The van der Waals surface area contributed by atoms with Gasteiger partial charge >= 0.3 is 0 Å². The lowest BCUT2D eigenvalue weighted by Gasteiger charge is -2.26. The molecular weight excluding hydrogens is 224 g/mol. The van der Waals surface area contributed by atoms with Crippen LogP contribution in [0.5, 0.6) is 5.75 Å². The van der Waals surface area contributed by atoms with E-state index in [0.717, 1.165) is 17.9 Å². The Morgan fingerprint density at radius 1 is 1.28 bits per heavy atom. The van der Waals surface area contributed by atoms with Gasteiger partial charge in [0.1, 0.15) is 11.9 Å². The van der Waals surface area contributed by atoms with Gasteiger partial charge in [0.25, 0.3) is 0 Å². The summed E-state index contributed by atoms with van der Waals surface area (Å²) >= 11 is 0. The molecule has 0 amide bonds. The van der Waals surface area contributed by atoms with Gasteiger partial charge in [-0.15, -0.1) is 0 Å². The Balaban J connectivity index is 2.00. The highest BCUT2D eigenvalue weighted by Crippen LogP contribution is 2.27. The number of hydrogen-bond donors (Lipinski definition) is 0. The summed E-state index contributed by atoms with van der Waals surface area (Å²) in [5.41, 5.74) is 1.12. The van der Waals surface area contributed by atoms with Gasteiger partial charge < -0.3 is 9.64 Å². The van der Waals surface area contributed by atoms with Crippen LogP contribution in [0.1, 0.15) is 44.7 Å². The molecule has 18 heavy (non-hydrogen) atoms. The van der Waals surface area contributed by atoms with E-state index in [0.29, 0.717) is 18.1 Å². The SMILES string of the molecule is CC(C)c1ccc(OC2CCCC2N(C)C)cn1. The number of aromatic nitrogens is 1. The quantitative estimate of drug-likeness (QED) is 0.819. The Morgan fingerprint density at radius 2 is 2.06 bits per heavy atom. The molecule has 1 saturated carbocycles. The molecule has 1 aromatic rings. The van der Waals surface area contributed by atoms with E-state index in [2.05, 4.69) is 43.9 Å². The van der Waals surface area contributed by atoms with Crippen molar-refractivity contribution in [3.05, 3.63) is 24.0 Å². The molecule has 2 unspecified atom stereocenters. The van der Waals surface area contributed by atoms with Crippen LogP contribution in [0.2, 0.25) is 0 Å². The second-order valence-corrected chi connectivity index (χ2v) is 5.69. The molecule has 3 nitrogen and oxygen atoms in total. The maximum Gasteiger partial charge on any atom is 0.138 e. The van der Waals surface area contributed by atoms with E-state index in [-0.39, 0.29) is 0 Å². The number of pyridine rings is 1. The van der Waals surface area contributed by atoms with E-state index in [1.807, 2.05) is 12.3 Å². The molecule has 3 heteroatoms. The second kappa shape index (κ2) is 5.70. The standard InChI is InChI=1S/C15H24N2O/c1-11(2)13-9-8-12(10-16-13)18-15-7-5-6-14(15)17(3)4/h8-11,14-15H,5-7H2,1-4H3. The Morgan fingerprint density at radius 3 is 2.61 bits per heavy atom. The molecule has 2 atom stereocenters. The maximum atomic E-state index is 6.08. The van der Waals surface area contributed by atoms with E-state index >= 15 is 0 Å². The minimum Gasteiger partial charge on any atom is -0.487 e. The van der Waals surface area contributed by atoms with Crippen LogP contribution in [0.25, 0.3) is 0 Å². The van der Waals surface area contributed by atoms with Gasteiger partial charge in [0.05, 0.1) is 6.20 Å². The van der Waals surface area contributed by atoms with Crippen molar-refractivity contribution in [2.24, 2.45) is 0 Å². The molecule has 0 spiro atoms. The fraction of sp³-hybridized carbons (Fsp3) is 0.667. The van der Waals surface area contributed by atoms with Crippen molar-refractivity contribution in [1.29, 1.82) is 0 Å². The summed E-state index contributed by atoms with van der Waals surface area (Å²) in [7, 11) is 4.26. The lowest BCUT2D eigenvalue weighted by atomic mass is 10.1. The van der Waals surface area contributed by atoms with Crippen molar-refractivity contribution >= 4 is 0 Å². The largest absolute Gasteiger partial charge is 0.487 e. The van der Waals surface area contributed by atoms with Gasteiger partial charge in [0.2, 0.25) is 0 Å². The third-order valence-electron chi connectivity index (χ3n) is 3.72. The average molecular weight is 248 g/mol. The summed E-state index contributed by atoms with van der Waals surface area (Å²) < 4.78 is 6.08. The van der Waals surface area contributed by atoms with Crippen molar-refractivity contribution in [2.75, 3.05) is 14.1 Å². The minimum absolute atomic E-state index is 0.312. The van der Waals surface area contributed by atoms with Gasteiger partial charge in [-0.3, -0.25) is 4.98 Å². The molecule has 0 radical (unpaired) electrons. The summed E-state index contributed by atoms with van der Waals surface area (Å²) in [4.78, 5) is 6.72. The fourth-order valence-electron chi connectivity index (χ4n) is 2.61. The first-order valence-electron chi connectivity index (χ1n) is 6.87. The monoisotopic (exact) mass is 248 g/mol. The molecule has 1 aliphatic rings. The van der Waals surface area contributed by atoms with Crippen molar-refractivity contribution < 1.29 is 4.74 Å². The Hall–Kier alpha value is -1.09. The van der Waals surface area contributed by atoms with Gasteiger partial charge in [-0.25, -0.2) is 0 Å². The van der Waals surface area contributed by atoms with E-state index in [1.165, 1.54) is 12.8 Å².